The van der Waals surface area contributed by atoms with E-state index in [2.05, 4.69) is 19.9 Å². The maximum atomic E-state index is 6.07. The molecule has 0 amide bonds. The molecule has 19 heavy (non-hydrogen) atoms. The van der Waals surface area contributed by atoms with Gasteiger partial charge in [-0.1, -0.05) is 0 Å². The van der Waals surface area contributed by atoms with E-state index in [0.717, 1.165) is 35.9 Å². The van der Waals surface area contributed by atoms with Crippen LogP contribution in [0.4, 0.5) is 11.6 Å². The van der Waals surface area contributed by atoms with Crippen molar-refractivity contribution in [1.29, 1.82) is 0 Å². The summed E-state index contributed by atoms with van der Waals surface area (Å²) in [5, 5.41) is 0. The van der Waals surface area contributed by atoms with Crippen molar-refractivity contribution in [2.75, 3.05) is 23.7 Å². The molecular formula is C14H17N5. The van der Waals surface area contributed by atoms with Crippen LogP contribution < -0.4 is 10.6 Å². The highest BCUT2D eigenvalue weighted by atomic mass is 15.2. The standard InChI is InChI=1S/C14H17N5/c1-10-12(11-5-4-6-16-9-11)18-13(15)14(17-10)19-7-2-3-8-19/h4-6,9H,2-3,7-8H2,1H3,(H2,15,18). The predicted molar refractivity (Wildman–Crippen MR) is 75.9 cm³/mol. The molecule has 0 aliphatic carbocycles. The van der Waals surface area contributed by atoms with Crippen LogP contribution in [-0.2, 0) is 0 Å². The monoisotopic (exact) mass is 255 g/mol. The molecule has 5 heteroatoms. The number of hydrogen-bond acceptors (Lipinski definition) is 5. The van der Waals surface area contributed by atoms with E-state index in [1.165, 1.54) is 12.8 Å². The van der Waals surface area contributed by atoms with Gasteiger partial charge in [-0.2, -0.15) is 0 Å². The van der Waals surface area contributed by atoms with Crippen molar-refractivity contribution < 1.29 is 0 Å². The summed E-state index contributed by atoms with van der Waals surface area (Å²) in [7, 11) is 0. The molecule has 2 aromatic rings. The fourth-order valence-electron chi connectivity index (χ4n) is 2.46. The number of nitrogen functional groups attached to an aromatic ring is 1. The Balaban J connectivity index is 2.02. The Bertz CT molecular complexity index is 576. The SMILES string of the molecule is Cc1nc(N2CCCC2)c(N)nc1-c1cccnc1. The summed E-state index contributed by atoms with van der Waals surface area (Å²) in [6.45, 7) is 4.00. The van der Waals surface area contributed by atoms with Crippen LogP contribution in [0, 0.1) is 6.92 Å². The zero-order valence-corrected chi connectivity index (χ0v) is 11.0. The lowest BCUT2D eigenvalue weighted by atomic mass is 10.1. The Morgan fingerprint density at radius 3 is 2.68 bits per heavy atom. The third kappa shape index (κ3) is 2.23. The highest BCUT2D eigenvalue weighted by molar-refractivity contribution is 5.68. The summed E-state index contributed by atoms with van der Waals surface area (Å²) in [4.78, 5) is 15.5. The lowest BCUT2D eigenvalue weighted by Gasteiger charge is -2.19. The van der Waals surface area contributed by atoms with Gasteiger partial charge in [0.1, 0.15) is 0 Å². The Hall–Kier alpha value is -2.17. The predicted octanol–water partition coefficient (Wildman–Crippen LogP) is 2.03. The zero-order valence-electron chi connectivity index (χ0n) is 11.0. The van der Waals surface area contributed by atoms with Crippen LogP contribution in [0.3, 0.4) is 0 Å². The van der Waals surface area contributed by atoms with E-state index < -0.39 is 0 Å². The highest BCUT2D eigenvalue weighted by Gasteiger charge is 2.19. The molecule has 2 aromatic heterocycles. The van der Waals surface area contributed by atoms with E-state index in [4.69, 9.17) is 5.73 Å². The summed E-state index contributed by atoms with van der Waals surface area (Å²) in [6.07, 6.45) is 5.93. The van der Waals surface area contributed by atoms with Crippen molar-refractivity contribution >= 4 is 11.6 Å². The number of hydrogen-bond donors (Lipinski definition) is 1. The Morgan fingerprint density at radius 2 is 2.00 bits per heavy atom. The topological polar surface area (TPSA) is 67.9 Å². The minimum absolute atomic E-state index is 0.506. The van der Waals surface area contributed by atoms with Gasteiger partial charge in [-0.3, -0.25) is 4.98 Å². The van der Waals surface area contributed by atoms with Gasteiger partial charge in [-0.05, 0) is 31.9 Å². The molecule has 1 saturated heterocycles. The third-order valence-corrected chi connectivity index (χ3v) is 3.42. The van der Waals surface area contributed by atoms with Crippen molar-refractivity contribution in [1.82, 2.24) is 15.0 Å². The fraction of sp³-hybridized carbons (Fsp3) is 0.357. The molecule has 0 saturated carbocycles. The summed E-state index contributed by atoms with van der Waals surface area (Å²) >= 11 is 0. The van der Waals surface area contributed by atoms with E-state index >= 15 is 0 Å². The molecule has 0 aromatic carbocycles. The number of aryl methyl sites for hydroxylation is 1. The van der Waals surface area contributed by atoms with Crippen LogP contribution >= 0.6 is 0 Å². The minimum atomic E-state index is 0.506. The van der Waals surface area contributed by atoms with E-state index in [0.29, 0.717) is 5.82 Å². The van der Waals surface area contributed by atoms with Crippen LogP contribution in [0.25, 0.3) is 11.3 Å². The molecule has 1 fully saturated rings. The zero-order chi connectivity index (χ0) is 13.2. The van der Waals surface area contributed by atoms with Crippen LogP contribution in [0.2, 0.25) is 0 Å². The molecule has 0 spiro atoms. The number of aromatic nitrogens is 3. The van der Waals surface area contributed by atoms with E-state index in [1.807, 2.05) is 19.1 Å². The molecule has 5 nitrogen and oxygen atoms in total. The first-order chi connectivity index (χ1) is 9.25. The van der Waals surface area contributed by atoms with Gasteiger partial charge in [0, 0.05) is 31.0 Å². The smallest absolute Gasteiger partial charge is 0.171 e. The first-order valence-electron chi connectivity index (χ1n) is 6.55. The first-order valence-corrected chi connectivity index (χ1v) is 6.55. The average Bonchev–Trinajstić information content (AvgIpc) is 2.96. The molecular weight excluding hydrogens is 238 g/mol. The maximum absolute atomic E-state index is 6.07. The first kappa shape index (κ1) is 11.9. The Kier molecular flexibility index (Phi) is 3.03. The largest absolute Gasteiger partial charge is 0.381 e. The summed E-state index contributed by atoms with van der Waals surface area (Å²) in [6, 6.07) is 3.86. The molecule has 2 N–H and O–H groups in total. The number of nitrogens with zero attached hydrogens (tertiary/aromatic N) is 4. The third-order valence-electron chi connectivity index (χ3n) is 3.42. The van der Waals surface area contributed by atoms with Gasteiger partial charge in [0.2, 0.25) is 0 Å². The molecule has 1 aliphatic rings. The number of anilines is 2. The van der Waals surface area contributed by atoms with Gasteiger partial charge in [-0.25, -0.2) is 9.97 Å². The molecule has 1 aliphatic heterocycles. The number of rotatable bonds is 2. The second-order valence-electron chi connectivity index (χ2n) is 4.80. The summed E-state index contributed by atoms with van der Waals surface area (Å²) in [5.41, 5.74) is 8.73. The average molecular weight is 255 g/mol. The molecule has 0 unspecified atom stereocenters. The second kappa shape index (κ2) is 4.84. The lowest BCUT2D eigenvalue weighted by molar-refractivity contribution is 0.921. The van der Waals surface area contributed by atoms with Gasteiger partial charge >= 0.3 is 0 Å². The van der Waals surface area contributed by atoms with Crippen molar-refractivity contribution in [3.05, 3.63) is 30.2 Å². The number of pyridine rings is 1. The van der Waals surface area contributed by atoms with Gasteiger partial charge in [0.15, 0.2) is 11.6 Å². The normalized spacial score (nSPS) is 14.9. The van der Waals surface area contributed by atoms with Crippen molar-refractivity contribution in [3.8, 4) is 11.3 Å². The van der Waals surface area contributed by atoms with Crippen LogP contribution in [0.1, 0.15) is 18.5 Å². The van der Waals surface area contributed by atoms with Crippen LogP contribution in [0.5, 0.6) is 0 Å². The lowest BCUT2D eigenvalue weighted by Crippen LogP contribution is -2.21. The quantitative estimate of drug-likeness (QED) is 0.889. The van der Waals surface area contributed by atoms with Gasteiger partial charge < -0.3 is 10.6 Å². The van der Waals surface area contributed by atoms with Crippen LogP contribution in [-0.4, -0.2) is 28.0 Å². The Morgan fingerprint density at radius 1 is 1.21 bits per heavy atom. The molecule has 0 bridgehead atoms. The fourth-order valence-corrected chi connectivity index (χ4v) is 2.46. The maximum Gasteiger partial charge on any atom is 0.171 e. The van der Waals surface area contributed by atoms with Crippen LogP contribution in [0.15, 0.2) is 24.5 Å². The Labute approximate surface area is 112 Å². The highest BCUT2D eigenvalue weighted by Crippen LogP contribution is 2.28. The van der Waals surface area contributed by atoms with Crippen molar-refractivity contribution in [2.24, 2.45) is 0 Å². The number of nitrogens with two attached hydrogens (primary N) is 1. The van der Waals surface area contributed by atoms with Gasteiger partial charge in [0.25, 0.3) is 0 Å². The van der Waals surface area contributed by atoms with Crippen molar-refractivity contribution in [2.45, 2.75) is 19.8 Å². The van der Waals surface area contributed by atoms with Crippen molar-refractivity contribution in [3.63, 3.8) is 0 Å². The molecule has 0 atom stereocenters. The van der Waals surface area contributed by atoms with Gasteiger partial charge in [-0.15, -0.1) is 0 Å². The molecule has 3 heterocycles. The summed E-state index contributed by atoms with van der Waals surface area (Å²) < 4.78 is 0. The molecule has 3 rings (SSSR count). The minimum Gasteiger partial charge on any atom is -0.381 e. The van der Waals surface area contributed by atoms with E-state index in [1.54, 1.807) is 12.4 Å². The molecule has 98 valence electrons. The van der Waals surface area contributed by atoms with E-state index in [-0.39, 0.29) is 0 Å². The second-order valence-corrected chi connectivity index (χ2v) is 4.80. The van der Waals surface area contributed by atoms with Gasteiger partial charge in [0.05, 0.1) is 11.4 Å². The summed E-state index contributed by atoms with van der Waals surface area (Å²) in [5.74, 6) is 1.33. The molecule has 0 radical (unpaired) electrons. The van der Waals surface area contributed by atoms with E-state index in [9.17, 15) is 0 Å².